The van der Waals surface area contributed by atoms with Crippen molar-refractivity contribution in [3.05, 3.63) is 59.9 Å². The molecule has 0 atom stereocenters. The summed E-state index contributed by atoms with van der Waals surface area (Å²) in [4.78, 5) is 19.8. The maximum absolute atomic E-state index is 14.9. The molecule has 10 nitrogen and oxygen atoms in total. The van der Waals surface area contributed by atoms with Gasteiger partial charge in [0.25, 0.3) is 0 Å². The second kappa shape index (κ2) is 12.8. The van der Waals surface area contributed by atoms with Crippen molar-refractivity contribution in [2.24, 2.45) is 16.6 Å². The topological polar surface area (TPSA) is 110 Å². The van der Waals surface area contributed by atoms with Gasteiger partial charge in [-0.3, -0.25) is 9.48 Å². The van der Waals surface area contributed by atoms with E-state index in [1.54, 1.807) is 12.3 Å². The Morgan fingerprint density at radius 2 is 2.08 bits per heavy atom. The normalized spacial score (nSPS) is 14.0. The van der Waals surface area contributed by atoms with Crippen LogP contribution in [0.3, 0.4) is 0 Å². The number of primary amides is 1. The minimum absolute atomic E-state index is 0.00578. The third kappa shape index (κ3) is 6.87. The lowest BCUT2D eigenvalue weighted by molar-refractivity contribution is -0.118. The molecule has 0 bridgehead atoms. The molecule has 2 heterocycles. The number of carbonyl (C=O) groups excluding carboxylic acids is 1. The van der Waals surface area contributed by atoms with Crippen molar-refractivity contribution in [1.29, 1.82) is 0 Å². The first kappa shape index (κ1) is 28.8. The van der Waals surface area contributed by atoms with Gasteiger partial charge in [0.1, 0.15) is 18.1 Å². The number of benzene rings is 2. The summed E-state index contributed by atoms with van der Waals surface area (Å²) < 4.78 is 42.2. The third-order valence-corrected chi connectivity index (χ3v) is 6.24. The van der Waals surface area contributed by atoms with Gasteiger partial charge < -0.3 is 30.3 Å². The Balaban J connectivity index is 1.67. The van der Waals surface area contributed by atoms with E-state index in [2.05, 4.69) is 36.2 Å². The molecule has 4 rings (SSSR count). The fourth-order valence-electron chi connectivity index (χ4n) is 4.58. The van der Waals surface area contributed by atoms with Crippen LogP contribution >= 0.6 is 0 Å². The van der Waals surface area contributed by atoms with E-state index in [1.807, 2.05) is 6.07 Å². The van der Waals surface area contributed by atoms with Crippen molar-refractivity contribution in [3.63, 3.8) is 0 Å². The summed E-state index contributed by atoms with van der Waals surface area (Å²) in [6, 6.07) is 7.53. The Morgan fingerprint density at radius 1 is 1.27 bits per heavy atom. The molecular weight excluding hydrogens is 520 g/mol. The quantitative estimate of drug-likeness (QED) is 0.325. The van der Waals surface area contributed by atoms with Gasteiger partial charge in [-0.05, 0) is 37.6 Å². The molecule has 214 valence electrons. The molecule has 3 aromatic rings. The van der Waals surface area contributed by atoms with Gasteiger partial charge >= 0.3 is 0 Å². The number of anilines is 2. The number of nitrogens with one attached hydrogen (secondary N) is 1. The average Bonchev–Trinajstić information content (AvgIpc) is 3.33. The van der Waals surface area contributed by atoms with E-state index < -0.39 is 17.5 Å². The summed E-state index contributed by atoms with van der Waals surface area (Å²) in [6.07, 6.45) is 3.85. The number of nitrogens with two attached hydrogens (primary N) is 1. The van der Waals surface area contributed by atoms with E-state index in [9.17, 15) is 13.6 Å². The van der Waals surface area contributed by atoms with Crippen LogP contribution in [0.4, 0.5) is 25.8 Å². The number of methoxy groups -OCH3 is 1. The van der Waals surface area contributed by atoms with Gasteiger partial charge in [0.05, 0.1) is 44.2 Å². The standard InChI is InChI=1S/C28H35F2N7O3/c1-18(2)14-35(3)9-6-10-40-25-12-22-20(11-24(25)39-4)28(34-19-13-33-36(15-19)16-26(31)38)37(17-32-22)23-8-5-7-21(29)27(23)30/h5,7-8,11-13,15,18,32H,6,9-10,14,16-17H2,1-4H3,(H2,31,38). The van der Waals surface area contributed by atoms with Gasteiger partial charge in [0.2, 0.25) is 5.91 Å². The van der Waals surface area contributed by atoms with Crippen LogP contribution in [0.15, 0.2) is 47.7 Å². The number of carbonyl (C=O) groups is 1. The number of nitrogens with zero attached hydrogens (tertiary/aromatic N) is 5. The molecule has 1 aliphatic heterocycles. The molecule has 40 heavy (non-hydrogen) atoms. The number of aromatic nitrogens is 2. The van der Waals surface area contributed by atoms with Crippen LogP contribution in [0, 0.1) is 17.6 Å². The van der Waals surface area contributed by atoms with Crippen molar-refractivity contribution in [1.82, 2.24) is 14.7 Å². The predicted molar refractivity (Wildman–Crippen MR) is 150 cm³/mol. The molecule has 1 amide bonds. The number of hydrogen-bond acceptors (Lipinski definition) is 7. The van der Waals surface area contributed by atoms with Crippen LogP contribution in [-0.2, 0) is 11.3 Å². The summed E-state index contributed by atoms with van der Waals surface area (Å²) in [7, 11) is 3.63. The zero-order valence-electron chi connectivity index (χ0n) is 23.2. The van der Waals surface area contributed by atoms with Crippen LogP contribution in [0.1, 0.15) is 25.8 Å². The first-order valence-corrected chi connectivity index (χ1v) is 13.0. The summed E-state index contributed by atoms with van der Waals surface area (Å²) in [6.45, 7) is 6.77. The number of halogens is 2. The van der Waals surface area contributed by atoms with Crippen LogP contribution in [-0.4, -0.2) is 66.9 Å². The molecule has 3 N–H and O–H groups in total. The van der Waals surface area contributed by atoms with Crippen LogP contribution in [0.5, 0.6) is 11.5 Å². The molecule has 0 saturated carbocycles. The van der Waals surface area contributed by atoms with Crippen molar-refractivity contribution in [2.45, 2.75) is 26.8 Å². The van der Waals surface area contributed by atoms with Crippen molar-refractivity contribution >= 4 is 28.8 Å². The molecular formula is C28H35F2N7O3. The highest BCUT2D eigenvalue weighted by atomic mass is 19.2. The second-order valence-corrected chi connectivity index (χ2v) is 10.0. The summed E-state index contributed by atoms with van der Waals surface area (Å²) >= 11 is 0. The minimum atomic E-state index is -1.00. The van der Waals surface area contributed by atoms with Crippen LogP contribution in [0.2, 0.25) is 0 Å². The maximum Gasteiger partial charge on any atom is 0.239 e. The molecule has 2 aromatic carbocycles. The fourth-order valence-corrected chi connectivity index (χ4v) is 4.58. The molecule has 0 unspecified atom stereocenters. The van der Waals surface area contributed by atoms with E-state index in [0.717, 1.165) is 25.6 Å². The zero-order chi connectivity index (χ0) is 28.8. The Morgan fingerprint density at radius 3 is 2.80 bits per heavy atom. The summed E-state index contributed by atoms with van der Waals surface area (Å²) in [5.74, 6) is -0.587. The first-order chi connectivity index (χ1) is 19.2. The number of rotatable bonds is 12. The fraction of sp³-hybridized carbons (Fsp3) is 0.393. The lowest BCUT2D eigenvalue weighted by Gasteiger charge is -2.33. The minimum Gasteiger partial charge on any atom is -0.493 e. The first-order valence-electron chi connectivity index (χ1n) is 13.0. The molecule has 1 aliphatic rings. The van der Waals surface area contributed by atoms with Gasteiger partial charge in [-0.15, -0.1) is 0 Å². The highest BCUT2D eigenvalue weighted by molar-refractivity contribution is 6.16. The second-order valence-electron chi connectivity index (χ2n) is 10.0. The smallest absolute Gasteiger partial charge is 0.239 e. The van der Waals surface area contributed by atoms with Gasteiger partial charge in [-0.1, -0.05) is 19.9 Å². The number of ether oxygens (including phenoxy) is 2. The molecule has 0 spiro atoms. The lowest BCUT2D eigenvalue weighted by Crippen LogP contribution is -2.41. The van der Waals surface area contributed by atoms with Crippen LogP contribution < -0.4 is 25.4 Å². The number of amides is 1. The number of amidine groups is 1. The zero-order valence-corrected chi connectivity index (χ0v) is 23.2. The van der Waals surface area contributed by atoms with Gasteiger partial charge in [-0.25, -0.2) is 13.8 Å². The van der Waals surface area contributed by atoms with Gasteiger partial charge in [-0.2, -0.15) is 5.10 Å². The molecule has 1 aromatic heterocycles. The predicted octanol–water partition coefficient (Wildman–Crippen LogP) is 3.98. The summed E-state index contributed by atoms with van der Waals surface area (Å²) in [5.41, 5.74) is 6.95. The maximum atomic E-state index is 14.9. The molecule has 0 radical (unpaired) electrons. The van der Waals surface area contributed by atoms with E-state index in [-0.39, 0.29) is 18.9 Å². The Bertz CT molecular complexity index is 1380. The van der Waals surface area contributed by atoms with Gasteiger partial charge in [0, 0.05) is 24.7 Å². The van der Waals surface area contributed by atoms with Crippen molar-refractivity contribution in [2.75, 3.05) is 50.7 Å². The highest BCUT2D eigenvalue weighted by Crippen LogP contribution is 2.38. The summed E-state index contributed by atoms with van der Waals surface area (Å²) in [5, 5.41) is 7.37. The van der Waals surface area contributed by atoms with E-state index in [4.69, 9.17) is 20.2 Å². The van der Waals surface area contributed by atoms with Crippen molar-refractivity contribution in [3.8, 4) is 11.5 Å². The van der Waals surface area contributed by atoms with Gasteiger partial charge in [0.15, 0.2) is 23.1 Å². The molecule has 12 heteroatoms. The van der Waals surface area contributed by atoms with E-state index >= 15 is 0 Å². The highest BCUT2D eigenvalue weighted by Gasteiger charge is 2.29. The Hall–Kier alpha value is -4.19. The number of aliphatic imine (C=N–C) groups is 1. The Labute approximate surface area is 232 Å². The number of fused-ring (bicyclic) bond motifs is 1. The lowest BCUT2D eigenvalue weighted by atomic mass is 10.1. The van der Waals surface area contributed by atoms with E-state index in [1.165, 1.54) is 35.0 Å². The Kier molecular flexibility index (Phi) is 9.20. The average molecular weight is 556 g/mol. The molecule has 0 aliphatic carbocycles. The van der Waals surface area contributed by atoms with Crippen molar-refractivity contribution < 1.29 is 23.0 Å². The largest absolute Gasteiger partial charge is 0.493 e. The molecule has 0 fully saturated rings. The SMILES string of the molecule is COc1cc2c(cc1OCCCN(C)CC(C)C)NCN(c1cccc(F)c1F)C2=Nc1cnn(CC(N)=O)c1. The van der Waals surface area contributed by atoms with Crippen LogP contribution in [0.25, 0.3) is 0 Å². The van der Waals surface area contributed by atoms with E-state index in [0.29, 0.717) is 46.8 Å². The third-order valence-electron chi connectivity index (χ3n) is 6.24. The molecule has 0 saturated heterocycles. The number of hydrogen-bond donors (Lipinski definition) is 2. The monoisotopic (exact) mass is 555 g/mol.